The predicted octanol–water partition coefficient (Wildman–Crippen LogP) is 5.04. The quantitative estimate of drug-likeness (QED) is 0.447. The molecule has 0 N–H and O–H groups in total. The van der Waals surface area contributed by atoms with E-state index < -0.39 is 5.92 Å². The lowest BCUT2D eigenvalue weighted by atomic mass is 9.94. The molecule has 5 nitrogen and oxygen atoms in total. The van der Waals surface area contributed by atoms with E-state index in [4.69, 9.17) is 9.15 Å². The summed E-state index contributed by atoms with van der Waals surface area (Å²) in [6, 6.07) is 23.0. The Labute approximate surface area is 169 Å². The van der Waals surface area contributed by atoms with Crippen LogP contribution >= 0.6 is 0 Å². The summed E-state index contributed by atoms with van der Waals surface area (Å²) in [4.78, 5) is 20.9. The van der Waals surface area contributed by atoms with Crippen molar-refractivity contribution in [1.29, 1.82) is 0 Å². The van der Waals surface area contributed by atoms with Gasteiger partial charge in [0.1, 0.15) is 29.8 Å². The SMILES string of the molecule is CC(=O)C(c1ccc(COc2ccccc2)cc1)c1ncc(-c2ccccn2)o1. The molecular formula is C24H20N2O3. The van der Waals surface area contributed by atoms with Gasteiger partial charge in [-0.3, -0.25) is 9.78 Å². The molecular weight excluding hydrogens is 364 g/mol. The summed E-state index contributed by atoms with van der Waals surface area (Å²) in [6.45, 7) is 2.00. The number of carbonyl (C=O) groups is 1. The number of rotatable bonds is 7. The van der Waals surface area contributed by atoms with Gasteiger partial charge in [-0.05, 0) is 42.3 Å². The third kappa shape index (κ3) is 4.41. The first-order chi connectivity index (χ1) is 14.2. The Morgan fingerprint density at radius 3 is 2.41 bits per heavy atom. The minimum atomic E-state index is -0.559. The van der Waals surface area contributed by atoms with Crippen LogP contribution < -0.4 is 4.74 Å². The summed E-state index contributed by atoms with van der Waals surface area (Å²) in [5.74, 6) is 1.13. The molecule has 29 heavy (non-hydrogen) atoms. The van der Waals surface area contributed by atoms with Gasteiger partial charge in [-0.25, -0.2) is 4.98 Å². The lowest BCUT2D eigenvalue weighted by Crippen LogP contribution is -2.11. The van der Waals surface area contributed by atoms with E-state index in [9.17, 15) is 4.79 Å². The second-order valence-electron chi connectivity index (χ2n) is 6.66. The maximum atomic E-state index is 12.3. The molecule has 144 valence electrons. The van der Waals surface area contributed by atoms with Gasteiger partial charge in [0.05, 0.1) is 6.20 Å². The number of oxazole rings is 1. The third-order valence-corrected chi connectivity index (χ3v) is 4.56. The molecule has 0 saturated carbocycles. The number of nitrogens with zero attached hydrogens (tertiary/aromatic N) is 2. The number of ether oxygens (including phenoxy) is 1. The molecule has 0 amide bonds. The summed E-state index contributed by atoms with van der Waals surface area (Å²) in [5, 5.41) is 0. The maximum absolute atomic E-state index is 12.3. The third-order valence-electron chi connectivity index (χ3n) is 4.56. The van der Waals surface area contributed by atoms with Crippen molar-refractivity contribution in [2.75, 3.05) is 0 Å². The molecule has 0 radical (unpaired) electrons. The summed E-state index contributed by atoms with van der Waals surface area (Å²) in [5.41, 5.74) is 2.53. The molecule has 0 aliphatic rings. The number of hydrogen-bond donors (Lipinski definition) is 0. The van der Waals surface area contributed by atoms with Crippen LogP contribution in [0.15, 0.2) is 89.6 Å². The van der Waals surface area contributed by atoms with Crippen molar-refractivity contribution in [3.63, 3.8) is 0 Å². The van der Waals surface area contributed by atoms with E-state index in [0.29, 0.717) is 24.0 Å². The lowest BCUT2D eigenvalue weighted by Gasteiger charge is -2.12. The monoisotopic (exact) mass is 384 g/mol. The zero-order chi connectivity index (χ0) is 20.1. The van der Waals surface area contributed by atoms with Crippen LogP contribution in [-0.4, -0.2) is 15.8 Å². The number of carbonyl (C=O) groups excluding carboxylic acids is 1. The Bertz CT molecular complexity index is 1070. The summed E-state index contributed by atoms with van der Waals surface area (Å²) in [6.07, 6.45) is 3.30. The molecule has 0 saturated heterocycles. The standard InChI is InChI=1S/C24H20N2O3/c1-17(27)23(24-26-15-22(29-24)21-9-5-6-14-25-21)19-12-10-18(11-13-19)16-28-20-7-3-2-4-8-20/h2-15,23H,16H2,1H3. The van der Waals surface area contributed by atoms with Crippen molar-refractivity contribution in [1.82, 2.24) is 9.97 Å². The smallest absolute Gasteiger partial charge is 0.210 e. The molecule has 1 unspecified atom stereocenters. The molecule has 0 aliphatic carbocycles. The fraction of sp³-hybridized carbons (Fsp3) is 0.125. The molecule has 4 aromatic rings. The first kappa shape index (κ1) is 18.6. The number of aromatic nitrogens is 2. The normalized spacial score (nSPS) is 11.8. The van der Waals surface area contributed by atoms with Crippen LogP contribution in [0.1, 0.15) is 29.9 Å². The van der Waals surface area contributed by atoms with Crippen molar-refractivity contribution in [3.8, 4) is 17.2 Å². The molecule has 0 fully saturated rings. The van der Waals surface area contributed by atoms with E-state index in [1.165, 1.54) is 0 Å². The van der Waals surface area contributed by atoms with Gasteiger partial charge in [0.2, 0.25) is 5.89 Å². The number of para-hydroxylation sites is 1. The minimum absolute atomic E-state index is 0.0345. The Hall–Kier alpha value is -3.73. The van der Waals surface area contributed by atoms with Gasteiger partial charge < -0.3 is 9.15 Å². The fourth-order valence-electron chi connectivity index (χ4n) is 3.09. The molecule has 5 heteroatoms. The highest BCUT2D eigenvalue weighted by Gasteiger charge is 2.25. The Kier molecular flexibility index (Phi) is 5.47. The van der Waals surface area contributed by atoms with Gasteiger partial charge in [-0.15, -0.1) is 0 Å². The van der Waals surface area contributed by atoms with Crippen LogP contribution in [0, 0.1) is 0 Å². The molecule has 1 atom stereocenters. The topological polar surface area (TPSA) is 65.2 Å². The van der Waals surface area contributed by atoms with Crippen molar-refractivity contribution in [2.24, 2.45) is 0 Å². The van der Waals surface area contributed by atoms with Gasteiger partial charge in [0, 0.05) is 6.20 Å². The van der Waals surface area contributed by atoms with Crippen LogP contribution in [0.2, 0.25) is 0 Å². The fourth-order valence-corrected chi connectivity index (χ4v) is 3.09. The van der Waals surface area contributed by atoms with Crippen LogP contribution in [0.25, 0.3) is 11.5 Å². The number of pyridine rings is 1. The Morgan fingerprint density at radius 1 is 0.966 bits per heavy atom. The first-order valence-corrected chi connectivity index (χ1v) is 9.35. The zero-order valence-electron chi connectivity index (χ0n) is 16.0. The second kappa shape index (κ2) is 8.52. The largest absolute Gasteiger partial charge is 0.489 e. The number of hydrogen-bond acceptors (Lipinski definition) is 5. The summed E-state index contributed by atoms with van der Waals surface area (Å²) >= 11 is 0. The van der Waals surface area contributed by atoms with Crippen LogP contribution in [-0.2, 0) is 11.4 Å². The van der Waals surface area contributed by atoms with E-state index >= 15 is 0 Å². The second-order valence-corrected chi connectivity index (χ2v) is 6.66. The van der Waals surface area contributed by atoms with Crippen LogP contribution in [0.3, 0.4) is 0 Å². The predicted molar refractivity (Wildman–Crippen MR) is 109 cm³/mol. The lowest BCUT2D eigenvalue weighted by molar-refractivity contribution is -0.117. The molecule has 0 bridgehead atoms. The minimum Gasteiger partial charge on any atom is -0.489 e. The van der Waals surface area contributed by atoms with Gasteiger partial charge in [-0.2, -0.15) is 0 Å². The van der Waals surface area contributed by atoms with Gasteiger partial charge in [0.25, 0.3) is 0 Å². The van der Waals surface area contributed by atoms with E-state index in [0.717, 1.165) is 16.9 Å². The van der Waals surface area contributed by atoms with Crippen molar-refractivity contribution in [3.05, 3.63) is 102 Å². The highest BCUT2D eigenvalue weighted by molar-refractivity contribution is 5.85. The first-order valence-electron chi connectivity index (χ1n) is 9.35. The van der Waals surface area contributed by atoms with E-state index in [2.05, 4.69) is 9.97 Å². The molecule has 4 rings (SSSR count). The molecule has 2 aromatic carbocycles. The van der Waals surface area contributed by atoms with Crippen LogP contribution in [0.4, 0.5) is 0 Å². The maximum Gasteiger partial charge on any atom is 0.210 e. The summed E-state index contributed by atoms with van der Waals surface area (Å²) < 4.78 is 11.6. The molecule has 2 aromatic heterocycles. The van der Waals surface area contributed by atoms with E-state index in [1.807, 2.05) is 72.8 Å². The molecule has 0 spiro atoms. The molecule has 2 heterocycles. The van der Waals surface area contributed by atoms with E-state index in [1.54, 1.807) is 19.3 Å². The molecule has 0 aliphatic heterocycles. The summed E-state index contributed by atoms with van der Waals surface area (Å²) in [7, 11) is 0. The highest BCUT2D eigenvalue weighted by atomic mass is 16.5. The Morgan fingerprint density at radius 2 is 1.72 bits per heavy atom. The number of benzene rings is 2. The average Bonchev–Trinajstić information content (AvgIpc) is 3.24. The van der Waals surface area contributed by atoms with Gasteiger partial charge in [0.15, 0.2) is 5.76 Å². The van der Waals surface area contributed by atoms with Crippen molar-refractivity contribution >= 4 is 5.78 Å². The van der Waals surface area contributed by atoms with E-state index in [-0.39, 0.29) is 5.78 Å². The van der Waals surface area contributed by atoms with Gasteiger partial charge in [-0.1, -0.05) is 48.5 Å². The zero-order valence-corrected chi connectivity index (χ0v) is 16.0. The highest BCUT2D eigenvalue weighted by Crippen LogP contribution is 2.28. The number of Topliss-reactive ketones (excluding diaryl/α,β-unsaturated/α-hetero) is 1. The van der Waals surface area contributed by atoms with Crippen LogP contribution in [0.5, 0.6) is 5.75 Å². The average molecular weight is 384 g/mol. The van der Waals surface area contributed by atoms with Gasteiger partial charge >= 0.3 is 0 Å². The number of ketones is 1. The Balaban J connectivity index is 1.52. The van der Waals surface area contributed by atoms with Crippen molar-refractivity contribution in [2.45, 2.75) is 19.4 Å². The van der Waals surface area contributed by atoms with Crippen molar-refractivity contribution < 1.29 is 13.9 Å².